The van der Waals surface area contributed by atoms with Crippen molar-refractivity contribution in [1.29, 1.82) is 0 Å². The third-order valence-electron chi connectivity index (χ3n) is 3.03. The predicted molar refractivity (Wildman–Crippen MR) is 80.9 cm³/mol. The molecule has 22 heavy (non-hydrogen) atoms. The van der Waals surface area contributed by atoms with Gasteiger partial charge in [0.1, 0.15) is 17.3 Å². The number of hydrogen-bond donors (Lipinski definition) is 1. The number of unbranched alkanes of at least 4 members (excludes halogenated alkanes) is 2. The van der Waals surface area contributed by atoms with E-state index in [2.05, 4.69) is 5.32 Å². The number of nitrogens with one attached hydrogen (secondary N) is 1. The number of carbonyl (C=O) groups excluding carboxylic acids is 1. The van der Waals surface area contributed by atoms with Gasteiger partial charge in [-0.05, 0) is 18.6 Å². The van der Waals surface area contributed by atoms with Gasteiger partial charge in [0.05, 0.1) is 12.8 Å². The zero-order chi connectivity index (χ0) is 16.8. The fourth-order valence-corrected chi connectivity index (χ4v) is 2.67. The van der Waals surface area contributed by atoms with E-state index in [-0.39, 0.29) is 6.54 Å². The minimum Gasteiger partial charge on any atom is -0.320 e. The van der Waals surface area contributed by atoms with E-state index >= 15 is 0 Å². The summed E-state index contributed by atoms with van der Waals surface area (Å²) in [5, 5.41) is 2.08. The molecule has 0 spiro atoms. The molecule has 0 saturated carbocycles. The Morgan fingerprint density at radius 1 is 1.23 bits per heavy atom. The number of benzene rings is 1. The second kappa shape index (κ2) is 8.19. The van der Waals surface area contributed by atoms with Crippen LogP contribution in [-0.2, 0) is 14.8 Å². The summed E-state index contributed by atoms with van der Waals surface area (Å²) in [6.07, 6.45) is 3.35. The largest absolute Gasteiger partial charge is 0.320 e. The summed E-state index contributed by atoms with van der Waals surface area (Å²) in [6, 6.07) is 3.19. The Kier molecular flexibility index (Phi) is 6.89. The molecule has 0 bridgehead atoms. The van der Waals surface area contributed by atoms with Gasteiger partial charge in [0, 0.05) is 6.54 Å². The van der Waals surface area contributed by atoms with Crippen molar-refractivity contribution in [2.24, 2.45) is 0 Å². The lowest BCUT2D eigenvalue weighted by Gasteiger charge is -2.19. The highest BCUT2D eigenvalue weighted by Gasteiger charge is 2.21. The summed E-state index contributed by atoms with van der Waals surface area (Å²) < 4.78 is 51.2. The predicted octanol–water partition coefficient (Wildman–Crippen LogP) is 2.36. The van der Waals surface area contributed by atoms with Crippen molar-refractivity contribution in [3.8, 4) is 0 Å². The molecule has 0 saturated heterocycles. The topological polar surface area (TPSA) is 66.5 Å². The van der Waals surface area contributed by atoms with E-state index in [1.807, 2.05) is 6.92 Å². The molecule has 1 N–H and O–H groups in total. The van der Waals surface area contributed by atoms with E-state index < -0.39 is 39.8 Å². The number of nitrogens with zero attached hydrogens (tertiary/aromatic N) is 1. The zero-order valence-electron chi connectivity index (χ0n) is 12.6. The Labute approximate surface area is 129 Å². The summed E-state index contributed by atoms with van der Waals surface area (Å²) in [7, 11) is -3.57. The van der Waals surface area contributed by atoms with Crippen molar-refractivity contribution in [2.45, 2.75) is 26.2 Å². The molecule has 0 aliphatic heterocycles. The molecule has 8 heteroatoms. The van der Waals surface area contributed by atoms with E-state index in [1.54, 1.807) is 0 Å². The SMILES string of the molecule is CCCCCN(CC(=O)Nc1c(F)cccc1F)S(C)(=O)=O. The van der Waals surface area contributed by atoms with Crippen LogP contribution in [0.5, 0.6) is 0 Å². The number of carbonyl (C=O) groups is 1. The Bertz CT molecular complexity index is 600. The number of para-hydroxylation sites is 1. The van der Waals surface area contributed by atoms with Gasteiger partial charge in [-0.25, -0.2) is 17.2 Å². The molecule has 1 rings (SSSR count). The number of amides is 1. The normalized spacial score (nSPS) is 11.7. The van der Waals surface area contributed by atoms with Gasteiger partial charge in [-0.2, -0.15) is 4.31 Å². The zero-order valence-corrected chi connectivity index (χ0v) is 13.4. The van der Waals surface area contributed by atoms with Crippen LogP contribution in [0.2, 0.25) is 0 Å². The highest BCUT2D eigenvalue weighted by atomic mass is 32.2. The lowest BCUT2D eigenvalue weighted by atomic mass is 10.2. The van der Waals surface area contributed by atoms with Crippen molar-refractivity contribution in [1.82, 2.24) is 4.31 Å². The van der Waals surface area contributed by atoms with E-state index in [4.69, 9.17) is 0 Å². The molecule has 1 aromatic carbocycles. The van der Waals surface area contributed by atoms with Crippen molar-refractivity contribution in [3.05, 3.63) is 29.8 Å². The van der Waals surface area contributed by atoms with Crippen LogP contribution in [0.25, 0.3) is 0 Å². The average Bonchev–Trinajstić information content (AvgIpc) is 2.41. The van der Waals surface area contributed by atoms with Crippen LogP contribution in [0.15, 0.2) is 18.2 Å². The molecular weight excluding hydrogens is 314 g/mol. The molecule has 0 heterocycles. The van der Waals surface area contributed by atoms with E-state index in [1.165, 1.54) is 6.07 Å². The van der Waals surface area contributed by atoms with E-state index in [9.17, 15) is 22.0 Å². The van der Waals surface area contributed by atoms with Crippen molar-refractivity contribution < 1.29 is 22.0 Å². The molecule has 0 fully saturated rings. The minimum absolute atomic E-state index is 0.194. The first kappa shape index (κ1) is 18.5. The molecule has 1 aromatic rings. The minimum atomic E-state index is -3.57. The van der Waals surface area contributed by atoms with Crippen LogP contribution in [-0.4, -0.2) is 38.0 Å². The molecule has 124 valence electrons. The fraction of sp³-hybridized carbons (Fsp3) is 0.500. The maximum atomic E-state index is 13.4. The Hall–Kier alpha value is -1.54. The summed E-state index contributed by atoms with van der Waals surface area (Å²) in [4.78, 5) is 11.9. The number of halogens is 2. The maximum Gasteiger partial charge on any atom is 0.239 e. The second-order valence-corrected chi connectivity index (χ2v) is 6.93. The number of anilines is 1. The highest BCUT2D eigenvalue weighted by Crippen LogP contribution is 2.18. The van der Waals surface area contributed by atoms with Gasteiger partial charge < -0.3 is 5.32 Å². The Morgan fingerprint density at radius 2 is 1.82 bits per heavy atom. The maximum absolute atomic E-state index is 13.4. The van der Waals surface area contributed by atoms with Crippen LogP contribution >= 0.6 is 0 Å². The highest BCUT2D eigenvalue weighted by molar-refractivity contribution is 7.88. The lowest BCUT2D eigenvalue weighted by Crippen LogP contribution is -2.38. The average molecular weight is 334 g/mol. The lowest BCUT2D eigenvalue weighted by molar-refractivity contribution is -0.116. The van der Waals surface area contributed by atoms with Crippen LogP contribution in [0, 0.1) is 11.6 Å². The molecule has 5 nitrogen and oxygen atoms in total. The van der Waals surface area contributed by atoms with E-state index in [0.29, 0.717) is 6.42 Å². The first-order chi connectivity index (χ1) is 10.3. The van der Waals surface area contributed by atoms with Gasteiger partial charge in [0.25, 0.3) is 0 Å². The molecule has 0 radical (unpaired) electrons. The van der Waals surface area contributed by atoms with E-state index in [0.717, 1.165) is 35.5 Å². The van der Waals surface area contributed by atoms with Gasteiger partial charge in [-0.15, -0.1) is 0 Å². The van der Waals surface area contributed by atoms with Crippen LogP contribution in [0.1, 0.15) is 26.2 Å². The van der Waals surface area contributed by atoms with Gasteiger partial charge in [-0.3, -0.25) is 4.79 Å². The van der Waals surface area contributed by atoms with Crippen molar-refractivity contribution in [3.63, 3.8) is 0 Å². The summed E-state index contributed by atoms with van der Waals surface area (Å²) in [5.41, 5.74) is -0.575. The Balaban J connectivity index is 2.75. The van der Waals surface area contributed by atoms with Crippen LogP contribution in [0.3, 0.4) is 0 Å². The molecule has 0 aliphatic carbocycles. The smallest absolute Gasteiger partial charge is 0.239 e. The molecule has 0 unspecified atom stereocenters. The Morgan fingerprint density at radius 3 is 2.32 bits per heavy atom. The number of sulfonamides is 1. The van der Waals surface area contributed by atoms with Crippen molar-refractivity contribution >= 4 is 21.6 Å². The summed E-state index contributed by atoms with van der Waals surface area (Å²) in [5.74, 6) is -2.61. The van der Waals surface area contributed by atoms with Crippen LogP contribution < -0.4 is 5.32 Å². The molecule has 0 aromatic heterocycles. The summed E-state index contributed by atoms with van der Waals surface area (Å²) in [6.45, 7) is 1.69. The summed E-state index contributed by atoms with van der Waals surface area (Å²) >= 11 is 0. The third-order valence-corrected chi connectivity index (χ3v) is 4.28. The molecular formula is C14H20F2N2O3S. The van der Waals surface area contributed by atoms with Gasteiger partial charge in [0.2, 0.25) is 15.9 Å². The number of rotatable bonds is 8. The first-order valence-electron chi connectivity index (χ1n) is 6.94. The van der Waals surface area contributed by atoms with Gasteiger partial charge >= 0.3 is 0 Å². The van der Waals surface area contributed by atoms with Gasteiger partial charge in [0.15, 0.2) is 0 Å². The first-order valence-corrected chi connectivity index (χ1v) is 8.79. The standard InChI is InChI=1S/C14H20F2N2O3S/c1-3-4-5-9-18(22(2,20)21)10-13(19)17-14-11(15)7-6-8-12(14)16/h6-8H,3-5,9-10H2,1-2H3,(H,17,19). The molecule has 0 aliphatic rings. The molecule has 0 atom stereocenters. The molecule has 1 amide bonds. The number of hydrogen-bond acceptors (Lipinski definition) is 3. The monoisotopic (exact) mass is 334 g/mol. The quantitative estimate of drug-likeness (QED) is 0.742. The third kappa shape index (κ3) is 5.69. The van der Waals surface area contributed by atoms with Crippen molar-refractivity contribution in [2.75, 3.05) is 24.7 Å². The van der Waals surface area contributed by atoms with Crippen LogP contribution in [0.4, 0.5) is 14.5 Å². The second-order valence-electron chi connectivity index (χ2n) is 4.95. The van der Waals surface area contributed by atoms with Gasteiger partial charge in [-0.1, -0.05) is 25.8 Å². The fourth-order valence-electron chi connectivity index (χ4n) is 1.86.